The van der Waals surface area contributed by atoms with Crippen LogP contribution in [0.1, 0.15) is 49.3 Å². The van der Waals surface area contributed by atoms with Crippen LogP contribution < -0.4 is 11.3 Å². The molecule has 0 saturated heterocycles. The number of halogens is 1. The fourth-order valence-electron chi connectivity index (χ4n) is 2.85. The molecule has 1 aromatic rings. The minimum absolute atomic E-state index is 0.233. The van der Waals surface area contributed by atoms with E-state index in [9.17, 15) is 0 Å². The van der Waals surface area contributed by atoms with Gasteiger partial charge in [-0.15, -0.1) is 0 Å². The van der Waals surface area contributed by atoms with Gasteiger partial charge in [0.1, 0.15) is 0 Å². The van der Waals surface area contributed by atoms with E-state index >= 15 is 0 Å². The lowest BCUT2D eigenvalue weighted by atomic mass is 9.92. The lowest BCUT2D eigenvalue weighted by molar-refractivity contribution is 0.399. The SMILES string of the molecule is Cc1ccc(Cl)cc1C(CC1CCCC1)NN. The van der Waals surface area contributed by atoms with Crippen molar-refractivity contribution in [3.05, 3.63) is 34.3 Å². The molecule has 0 bridgehead atoms. The third kappa shape index (κ3) is 3.21. The molecule has 1 unspecified atom stereocenters. The maximum absolute atomic E-state index is 6.07. The van der Waals surface area contributed by atoms with E-state index in [0.29, 0.717) is 0 Å². The van der Waals surface area contributed by atoms with Gasteiger partial charge in [-0.05, 0) is 42.5 Å². The quantitative estimate of drug-likeness (QED) is 0.633. The second-order valence-corrected chi connectivity index (χ2v) is 5.54. The van der Waals surface area contributed by atoms with E-state index in [2.05, 4.69) is 18.4 Å². The zero-order valence-corrected chi connectivity index (χ0v) is 11.1. The molecule has 1 aliphatic carbocycles. The minimum atomic E-state index is 0.233. The molecule has 1 aromatic carbocycles. The number of hydrogen-bond acceptors (Lipinski definition) is 2. The van der Waals surface area contributed by atoms with Crippen LogP contribution in [0, 0.1) is 12.8 Å². The summed E-state index contributed by atoms with van der Waals surface area (Å²) in [5, 5.41) is 0.789. The summed E-state index contributed by atoms with van der Waals surface area (Å²) in [7, 11) is 0. The predicted octanol–water partition coefficient (Wildman–Crippen LogP) is 3.73. The summed E-state index contributed by atoms with van der Waals surface area (Å²) < 4.78 is 0. The van der Waals surface area contributed by atoms with Crippen LogP contribution >= 0.6 is 11.6 Å². The number of rotatable bonds is 4. The Morgan fingerprint density at radius 3 is 2.76 bits per heavy atom. The van der Waals surface area contributed by atoms with Gasteiger partial charge >= 0.3 is 0 Å². The smallest absolute Gasteiger partial charge is 0.0465 e. The first-order valence-electron chi connectivity index (χ1n) is 6.43. The molecule has 94 valence electrons. The van der Waals surface area contributed by atoms with Crippen molar-refractivity contribution in [1.82, 2.24) is 5.43 Å². The molecular formula is C14H21ClN2. The molecule has 0 heterocycles. The molecule has 2 rings (SSSR count). The van der Waals surface area contributed by atoms with Gasteiger partial charge in [-0.3, -0.25) is 11.3 Å². The van der Waals surface area contributed by atoms with Gasteiger partial charge in [0, 0.05) is 11.1 Å². The lowest BCUT2D eigenvalue weighted by Gasteiger charge is -2.22. The van der Waals surface area contributed by atoms with Crippen molar-refractivity contribution in [3.63, 3.8) is 0 Å². The molecule has 0 spiro atoms. The molecule has 0 aliphatic heterocycles. The van der Waals surface area contributed by atoms with Crippen molar-refractivity contribution in [2.75, 3.05) is 0 Å². The number of nitrogens with one attached hydrogen (secondary N) is 1. The first-order chi connectivity index (χ1) is 8.20. The van der Waals surface area contributed by atoms with Crippen molar-refractivity contribution in [2.24, 2.45) is 11.8 Å². The largest absolute Gasteiger partial charge is 0.271 e. The van der Waals surface area contributed by atoms with Crippen LogP contribution in [0.3, 0.4) is 0 Å². The maximum atomic E-state index is 6.07. The molecule has 3 N–H and O–H groups in total. The second-order valence-electron chi connectivity index (χ2n) is 5.11. The van der Waals surface area contributed by atoms with E-state index < -0.39 is 0 Å². The number of benzene rings is 1. The number of hydrogen-bond donors (Lipinski definition) is 2. The first-order valence-corrected chi connectivity index (χ1v) is 6.80. The summed E-state index contributed by atoms with van der Waals surface area (Å²) in [6.07, 6.45) is 6.56. The van der Waals surface area contributed by atoms with Gasteiger partial charge in [-0.1, -0.05) is 43.4 Å². The van der Waals surface area contributed by atoms with Crippen LogP contribution in [0.4, 0.5) is 0 Å². The average Bonchev–Trinajstić information content (AvgIpc) is 2.82. The van der Waals surface area contributed by atoms with Gasteiger partial charge in [-0.25, -0.2) is 0 Å². The molecule has 2 nitrogen and oxygen atoms in total. The van der Waals surface area contributed by atoms with Gasteiger partial charge in [0.15, 0.2) is 0 Å². The van der Waals surface area contributed by atoms with Crippen LogP contribution in [0.5, 0.6) is 0 Å². The first kappa shape index (κ1) is 12.9. The third-order valence-electron chi connectivity index (χ3n) is 3.86. The van der Waals surface area contributed by atoms with E-state index in [4.69, 9.17) is 17.4 Å². The van der Waals surface area contributed by atoms with Crippen molar-refractivity contribution in [3.8, 4) is 0 Å². The molecule has 3 heteroatoms. The van der Waals surface area contributed by atoms with E-state index in [1.165, 1.54) is 36.8 Å². The standard InChI is InChI=1S/C14H21ClN2/c1-10-6-7-12(15)9-13(10)14(17-16)8-11-4-2-3-5-11/h6-7,9,11,14,17H,2-5,8,16H2,1H3. The molecule has 1 aliphatic rings. The molecule has 1 atom stereocenters. The molecule has 0 amide bonds. The highest BCUT2D eigenvalue weighted by molar-refractivity contribution is 6.30. The molecular weight excluding hydrogens is 232 g/mol. The van der Waals surface area contributed by atoms with Gasteiger partial charge < -0.3 is 0 Å². The average molecular weight is 253 g/mol. The van der Waals surface area contributed by atoms with Gasteiger partial charge in [0.05, 0.1) is 0 Å². The summed E-state index contributed by atoms with van der Waals surface area (Å²) in [5.41, 5.74) is 5.46. The normalized spacial score (nSPS) is 18.5. The summed E-state index contributed by atoms with van der Waals surface area (Å²) >= 11 is 6.07. The third-order valence-corrected chi connectivity index (χ3v) is 4.10. The Hall–Kier alpha value is -0.570. The van der Waals surface area contributed by atoms with Crippen molar-refractivity contribution >= 4 is 11.6 Å². The Balaban J connectivity index is 2.13. The number of aryl methyl sites for hydroxylation is 1. The summed E-state index contributed by atoms with van der Waals surface area (Å²) in [5.74, 6) is 6.52. The van der Waals surface area contributed by atoms with Gasteiger partial charge in [0.25, 0.3) is 0 Å². The summed E-state index contributed by atoms with van der Waals surface area (Å²) in [6.45, 7) is 2.12. The number of nitrogens with two attached hydrogens (primary N) is 1. The zero-order chi connectivity index (χ0) is 12.3. The second kappa shape index (κ2) is 5.85. The van der Waals surface area contributed by atoms with Crippen LogP contribution in [0.25, 0.3) is 0 Å². The van der Waals surface area contributed by atoms with E-state index in [1.54, 1.807) is 0 Å². The summed E-state index contributed by atoms with van der Waals surface area (Å²) in [4.78, 5) is 0. The van der Waals surface area contributed by atoms with Crippen molar-refractivity contribution < 1.29 is 0 Å². The minimum Gasteiger partial charge on any atom is -0.271 e. The molecule has 0 aromatic heterocycles. The van der Waals surface area contributed by atoms with Crippen LogP contribution in [-0.4, -0.2) is 0 Å². The maximum Gasteiger partial charge on any atom is 0.0465 e. The van der Waals surface area contributed by atoms with Gasteiger partial charge in [0.2, 0.25) is 0 Å². The van der Waals surface area contributed by atoms with E-state index in [-0.39, 0.29) is 6.04 Å². The lowest BCUT2D eigenvalue weighted by Crippen LogP contribution is -2.30. The van der Waals surface area contributed by atoms with Crippen LogP contribution in [-0.2, 0) is 0 Å². The Morgan fingerprint density at radius 1 is 1.41 bits per heavy atom. The highest BCUT2D eigenvalue weighted by Gasteiger charge is 2.21. The van der Waals surface area contributed by atoms with Crippen molar-refractivity contribution in [1.29, 1.82) is 0 Å². The highest BCUT2D eigenvalue weighted by atomic mass is 35.5. The topological polar surface area (TPSA) is 38.0 Å². The van der Waals surface area contributed by atoms with E-state index in [0.717, 1.165) is 17.4 Å². The highest BCUT2D eigenvalue weighted by Crippen LogP contribution is 2.34. The number of hydrazine groups is 1. The fraction of sp³-hybridized carbons (Fsp3) is 0.571. The predicted molar refractivity (Wildman–Crippen MR) is 72.8 cm³/mol. The zero-order valence-electron chi connectivity index (χ0n) is 10.4. The Morgan fingerprint density at radius 2 is 2.12 bits per heavy atom. The van der Waals surface area contributed by atoms with Gasteiger partial charge in [-0.2, -0.15) is 0 Å². The Kier molecular flexibility index (Phi) is 4.43. The Labute approximate surface area is 109 Å². The molecule has 1 fully saturated rings. The van der Waals surface area contributed by atoms with Crippen LogP contribution in [0.2, 0.25) is 5.02 Å². The monoisotopic (exact) mass is 252 g/mol. The molecule has 1 saturated carbocycles. The summed E-state index contributed by atoms with van der Waals surface area (Å²) in [6, 6.07) is 6.27. The Bertz CT molecular complexity index is 372. The van der Waals surface area contributed by atoms with E-state index in [1.807, 2.05) is 12.1 Å². The fourth-order valence-corrected chi connectivity index (χ4v) is 3.03. The molecule has 17 heavy (non-hydrogen) atoms. The van der Waals surface area contributed by atoms with Crippen molar-refractivity contribution in [2.45, 2.75) is 45.1 Å². The van der Waals surface area contributed by atoms with Crippen LogP contribution in [0.15, 0.2) is 18.2 Å². The molecule has 0 radical (unpaired) electrons.